The van der Waals surface area contributed by atoms with Crippen LogP contribution in [0.15, 0.2) is 59.8 Å². The van der Waals surface area contributed by atoms with Crippen molar-refractivity contribution in [2.75, 3.05) is 30.0 Å². The van der Waals surface area contributed by atoms with E-state index in [1.807, 2.05) is 30.3 Å². The first-order valence-corrected chi connectivity index (χ1v) is 14.9. The molecule has 39 heavy (non-hydrogen) atoms. The van der Waals surface area contributed by atoms with Crippen LogP contribution in [0.4, 0.5) is 16.3 Å². The van der Waals surface area contributed by atoms with Crippen LogP contribution in [0.3, 0.4) is 0 Å². The minimum atomic E-state index is -3.70. The normalized spacial score (nSPS) is 20.6. The number of ether oxygens (including phenoxy) is 1. The summed E-state index contributed by atoms with van der Waals surface area (Å²) in [4.78, 5) is 28.4. The highest BCUT2D eigenvalue weighted by molar-refractivity contribution is 7.92. The van der Waals surface area contributed by atoms with E-state index in [9.17, 15) is 13.2 Å². The molecule has 1 aliphatic heterocycles. The van der Waals surface area contributed by atoms with Gasteiger partial charge in [-0.05, 0) is 75.4 Å². The maximum atomic E-state index is 13.8. The van der Waals surface area contributed by atoms with Crippen LogP contribution in [-0.2, 0) is 19.3 Å². The monoisotopic (exact) mass is 548 g/mol. The molecule has 0 unspecified atom stereocenters. The van der Waals surface area contributed by atoms with Gasteiger partial charge >= 0.3 is 6.03 Å². The molecule has 2 N–H and O–H groups in total. The fraction of sp³-hybridized carbons (Fsp3) is 0.429. The van der Waals surface area contributed by atoms with Gasteiger partial charge in [0.1, 0.15) is 10.6 Å². The van der Waals surface area contributed by atoms with E-state index in [4.69, 9.17) is 14.7 Å². The molecule has 2 aromatic heterocycles. The van der Waals surface area contributed by atoms with Gasteiger partial charge in [0.2, 0.25) is 0 Å². The Bertz CT molecular complexity index is 1460. The number of sulfone groups is 1. The molecular formula is C28H32N6O4S. The summed E-state index contributed by atoms with van der Waals surface area (Å²) in [5, 5.41) is 5.84. The number of hydrogen-bond acceptors (Lipinski definition) is 8. The number of rotatable bonds is 7. The molecule has 11 heteroatoms. The smallest absolute Gasteiger partial charge is 0.319 e. The standard InChI is InChI=1S/C28H32N6O4S/c1-19-18-38-16-15-34(19)25-17-24(28(11-12-28)39(36,37)23-9-13-29-14-10-23)32-26(33-25)20-5-7-22(8-6-20)31-27(35)30-21-3-2-4-21/h5-10,13-14,17,19,21H,2-4,11-12,15-16,18H2,1H3,(H2,30,31,35)/t19-/m0/s1. The van der Waals surface area contributed by atoms with Crippen molar-refractivity contribution in [2.45, 2.75) is 60.8 Å². The molecule has 3 heterocycles. The Kier molecular flexibility index (Phi) is 6.72. The molecule has 204 valence electrons. The first kappa shape index (κ1) is 25.7. The number of pyridine rings is 1. The summed E-state index contributed by atoms with van der Waals surface area (Å²) in [6, 6.07) is 12.3. The van der Waals surface area contributed by atoms with E-state index in [2.05, 4.69) is 27.4 Å². The molecule has 0 spiro atoms. The Hall–Kier alpha value is -3.57. The number of hydrogen-bond donors (Lipinski definition) is 2. The lowest BCUT2D eigenvalue weighted by Crippen LogP contribution is -2.44. The Morgan fingerprint density at radius 3 is 2.46 bits per heavy atom. The fourth-order valence-corrected chi connectivity index (χ4v) is 7.09. The van der Waals surface area contributed by atoms with Crippen LogP contribution < -0.4 is 15.5 Å². The van der Waals surface area contributed by atoms with Gasteiger partial charge < -0.3 is 20.3 Å². The highest BCUT2D eigenvalue weighted by Crippen LogP contribution is 2.55. The molecule has 6 rings (SSSR count). The van der Waals surface area contributed by atoms with Gasteiger partial charge in [0.05, 0.1) is 29.8 Å². The van der Waals surface area contributed by atoms with Gasteiger partial charge in [-0.15, -0.1) is 0 Å². The summed E-state index contributed by atoms with van der Waals surface area (Å²) in [6.45, 7) is 3.86. The number of aromatic nitrogens is 3. The zero-order chi connectivity index (χ0) is 27.0. The third kappa shape index (κ3) is 4.96. The number of urea groups is 1. The van der Waals surface area contributed by atoms with Crippen LogP contribution in [-0.4, -0.2) is 61.2 Å². The van der Waals surface area contributed by atoms with Crippen LogP contribution in [0.25, 0.3) is 11.4 Å². The van der Waals surface area contributed by atoms with Gasteiger partial charge in [0, 0.05) is 42.3 Å². The average molecular weight is 549 g/mol. The summed E-state index contributed by atoms with van der Waals surface area (Å²) in [5.41, 5.74) is 1.90. The number of anilines is 2. The number of amides is 2. The van der Waals surface area contributed by atoms with E-state index < -0.39 is 14.6 Å². The first-order chi connectivity index (χ1) is 18.9. The summed E-state index contributed by atoms with van der Waals surface area (Å²) < 4.78 is 32.1. The molecule has 2 aliphatic carbocycles. The van der Waals surface area contributed by atoms with Gasteiger partial charge in [0.15, 0.2) is 15.7 Å². The highest BCUT2D eigenvalue weighted by Gasteiger charge is 2.58. The number of carbonyl (C=O) groups is 1. The number of nitrogens with one attached hydrogen (secondary N) is 2. The van der Waals surface area contributed by atoms with Crippen molar-refractivity contribution in [1.82, 2.24) is 20.3 Å². The highest BCUT2D eigenvalue weighted by atomic mass is 32.2. The SMILES string of the molecule is C[C@H]1COCCN1c1cc(C2(S(=O)(=O)c3ccncc3)CC2)nc(-c2ccc(NC(=O)NC3CCC3)cc2)n1. The molecule has 3 aliphatic rings. The number of benzene rings is 1. The Morgan fingerprint density at radius 2 is 1.82 bits per heavy atom. The molecule has 3 aromatic rings. The topological polar surface area (TPSA) is 126 Å². The third-order valence-corrected chi connectivity index (χ3v) is 10.4. The quantitative estimate of drug-likeness (QED) is 0.455. The summed E-state index contributed by atoms with van der Waals surface area (Å²) in [6.07, 6.45) is 7.16. The summed E-state index contributed by atoms with van der Waals surface area (Å²) in [7, 11) is -3.70. The lowest BCUT2D eigenvalue weighted by molar-refractivity contribution is 0.0985. The van der Waals surface area contributed by atoms with Gasteiger partial charge in [-0.2, -0.15) is 0 Å². The Balaban J connectivity index is 1.35. The Morgan fingerprint density at radius 1 is 1.08 bits per heavy atom. The van der Waals surface area contributed by atoms with Crippen LogP contribution >= 0.6 is 0 Å². The first-order valence-electron chi connectivity index (χ1n) is 13.4. The minimum Gasteiger partial charge on any atom is -0.377 e. The molecule has 1 aromatic carbocycles. The second-order valence-corrected chi connectivity index (χ2v) is 12.8. The molecule has 2 amide bonds. The number of morpholine rings is 1. The zero-order valence-corrected chi connectivity index (χ0v) is 22.7. The summed E-state index contributed by atoms with van der Waals surface area (Å²) >= 11 is 0. The van der Waals surface area contributed by atoms with Crippen molar-refractivity contribution in [3.8, 4) is 11.4 Å². The molecule has 2 saturated carbocycles. The second kappa shape index (κ2) is 10.2. The lowest BCUT2D eigenvalue weighted by atomic mass is 9.93. The maximum Gasteiger partial charge on any atom is 0.319 e. The fourth-order valence-electron chi connectivity index (χ4n) is 5.14. The van der Waals surface area contributed by atoms with E-state index in [0.29, 0.717) is 55.6 Å². The molecule has 1 atom stereocenters. The molecule has 3 fully saturated rings. The average Bonchev–Trinajstić information content (AvgIpc) is 3.75. The number of carbonyl (C=O) groups excluding carboxylic acids is 1. The second-order valence-electron chi connectivity index (χ2n) is 10.5. The van der Waals surface area contributed by atoms with Crippen molar-refractivity contribution in [1.29, 1.82) is 0 Å². The molecule has 1 saturated heterocycles. The molecule has 0 radical (unpaired) electrons. The number of nitrogens with zero attached hydrogens (tertiary/aromatic N) is 4. The van der Waals surface area contributed by atoms with Crippen molar-refractivity contribution < 1.29 is 17.9 Å². The zero-order valence-electron chi connectivity index (χ0n) is 21.8. The molecular weight excluding hydrogens is 516 g/mol. The van der Waals surface area contributed by atoms with Crippen molar-refractivity contribution in [3.05, 3.63) is 60.6 Å². The van der Waals surface area contributed by atoms with Crippen LogP contribution in [0.2, 0.25) is 0 Å². The van der Waals surface area contributed by atoms with E-state index in [-0.39, 0.29) is 23.0 Å². The van der Waals surface area contributed by atoms with Gasteiger partial charge in [0.25, 0.3) is 0 Å². The minimum absolute atomic E-state index is 0.0852. The van der Waals surface area contributed by atoms with Crippen molar-refractivity contribution in [3.63, 3.8) is 0 Å². The molecule has 0 bridgehead atoms. The largest absolute Gasteiger partial charge is 0.377 e. The van der Waals surface area contributed by atoms with Crippen LogP contribution in [0.1, 0.15) is 44.7 Å². The van der Waals surface area contributed by atoms with Crippen molar-refractivity contribution in [2.24, 2.45) is 0 Å². The summed E-state index contributed by atoms with van der Waals surface area (Å²) in [5.74, 6) is 1.13. The van der Waals surface area contributed by atoms with Crippen LogP contribution in [0.5, 0.6) is 0 Å². The van der Waals surface area contributed by atoms with E-state index in [1.54, 1.807) is 0 Å². The lowest BCUT2D eigenvalue weighted by Gasteiger charge is -2.34. The van der Waals surface area contributed by atoms with Gasteiger partial charge in [-0.3, -0.25) is 4.98 Å². The van der Waals surface area contributed by atoms with Crippen LogP contribution in [0, 0.1) is 0 Å². The third-order valence-electron chi connectivity index (χ3n) is 7.86. The van der Waals surface area contributed by atoms with Gasteiger partial charge in [-0.1, -0.05) is 0 Å². The van der Waals surface area contributed by atoms with E-state index in [1.165, 1.54) is 24.5 Å². The predicted octanol–water partition coefficient (Wildman–Crippen LogP) is 3.90. The van der Waals surface area contributed by atoms with Crippen molar-refractivity contribution >= 4 is 27.4 Å². The van der Waals surface area contributed by atoms with E-state index >= 15 is 0 Å². The van der Waals surface area contributed by atoms with Gasteiger partial charge in [-0.25, -0.2) is 23.2 Å². The maximum absolute atomic E-state index is 13.8. The Labute approximate surface area is 228 Å². The predicted molar refractivity (Wildman–Crippen MR) is 147 cm³/mol. The molecule has 10 nitrogen and oxygen atoms in total. The van der Waals surface area contributed by atoms with E-state index in [0.717, 1.165) is 24.8 Å².